The van der Waals surface area contributed by atoms with Crippen molar-refractivity contribution in [2.75, 3.05) is 7.05 Å². The van der Waals surface area contributed by atoms with Crippen molar-refractivity contribution in [3.63, 3.8) is 0 Å². The zero-order valence-corrected chi connectivity index (χ0v) is 10.9. The summed E-state index contributed by atoms with van der Waals surface area (Å²) in [6.45, 7) is 4.17. The van der Waals surface area contributed by atoms with E-state index >= 15 is 0 Å². The van der Waals surface area contributed by atoms with Crippen LogP contribution in [0.3, 0.4) is 0 Å². The minimum atomic E-state index is 0.00400. The van der Waals surface area contributed by atoms with Gasteiger partial charge in [-0.15, -0.1) is 0 Å². The summed E-state index contributed by atoms with van der Waals surface area (Å²) >= 11 is 3.21. The van der Waals surface area contributed by atoms with Gasteiger partial charge < -0.3 is 9.32 Å². The standard InChI is InChI=1S/C11H16BrNO2/c1-4-8(5-2)13(3)11(14)9-6-7-15-10(9)12/h6-8H,4-5H2,1-3H3. The van der Waals surface area contributed by atoms with Crippen molar-refractivity contribution in [2.24, 2.45) is 0 Å². The van der Waals surface area contributed by atoms with E-state index in [4.69, 9.17) is 4.42 Å². The van der Waals surface area contributed by atoms with Crippen molar-refractivity contribution >= 4 is 21.8 Å². The molecule has 0 unspecified atom stereocenters. The van der Waals surface area contributed by atoms with Gasteiger partial charge in [0.05, 0.1) is 11.8 Å². The van der Waals surface area contributed by atoms with Crippen LogP contribution in [-0.4, -0.2) is 23.9 Å². The minimum absolute atomic E-state index is 0.00400. The number of nitrogens with zero attached hydrogens (tertiary/aromatic N) is 1. The fraction of sp³-hybridized carbons (Fsp3) is 0.545. The molecule has 4 heteroatoms. The highest BCUT2D eigenvalue weighted by molar-refractivity contribution is 9.10. The molecule has 1 amide bonds. The number of hydrogen-bond donors (Lipinski definition) is 0. The van der Waals surface area contributed by atoms with E-state index in [1.807, 2.05) is 7.05 Å². The van der Waals surface area contributed by atoms with E-state index in [9.17, 15) is 4.79 Å². The highest BCUT2D eigenvalue weighted by Gasteiger charge is 2.21. The van der Waals surface area contributed by atoms with Gasteiger partial charge in [-0.2, -0.15) is 0 Å². The average Bonchev–Trinajstić information content (AvgIpc) is 2.65. The Bertz CT molecular complexity index is 331. The molecule has 0 saturated heterocycles. The average molecular weight is 274 g/mol. The normalized spacial score (nSPS) is 10.7. The molecule has 0 bridgehead atoms. The number of carbonyl (C=O) groups excluding carboxylic acids is 1. The summed E-state index contributed by atoms with van der Waals surface area (Å²) in [4.78, 5) is 13.8. The molecule has 0 aliphatic rings. The monoisotopic (exact) mass is 273 g/mol. The predicted octanol–water partition coefficient (Wildman–Crippen LogP) is 3.30. The van der Waals surface area contributed by atoms with Crippen LogP contribution in [0.5, 0.6) is 0 Å². The number of furan rings is 1. The Labute approximate surface area is 98.6 Å². The fourth-order valence-corrected chi connectivity index (χ4v) is 2.05. The van der Waals surface area contributed by atoms with Gasteiger partial charge in [-0.1, -0.05) is 13.8 Å². The van der Waals surface area contributed by atoms with Crippen LogP contribution in [0.4, 0.5) is 0 Å². The first kappa shape index (κ1) is 12.3. The Kier molecular flexibility index (Phi) is 4.39. The van der Waals surface area contributed by atoms with Crippen LogP contribution in [0, 0.1) is 0 Å². The van der Waals surface area contributed by atoms with E-state index in [0.29, 0.717) is 16.3 Å². The van der Waals surface area contributed by atoms with E-state index in [-0.39, 0.29) is 5.91 Å². The summed E-state index contributed by atoms with van der Waals surface area (Å²) in [6, 6.07) is 1.98. The summed E-state index contributed by atoms with van der Waals surface area (Å²) in [5, 5.41) is 0. The van der Waals surface area contributed by atoms with E-state index < -0.39 is 0 Å². The summed E-state index contributed by atoms with van der Waals surface area (Å²) in [7, 11) is 1.83. The molecule has 0 spiro atoms. The molecule has 0 saturated carbocycles. The van der Waals surface area contributed by atoms with Crippen molar-refractivity contribution in [2.45, 2.75) is 32.7 Å². The molecule has 0 aliphatic heterocycles. The molecular weight excluding hydrogens is 258 g/mol. The van der Waals surface area contributed by atoms with Crippen LogP contribution < -0.4 is 0 Å². The first-order valence-electron chi connectivity index (χ1n) is 5.11. The SMILES string of the molecule is CCC(CC)N(C)C(=O)c1ccoc1Br. The highest BCUT2D eigenvalue weighted by Crippen LogP contribution is 2.20. The number of rotatable bonds is 4. The molecule has 0 aromatic carbocycles. The lowest BCUT2D eigenvalue weighted by Gasteiger charge is -2.25. The maximum Gasteiger partial charge on any atom is 0.258 e. The highest BCUT2D eigenvalue weighted by atomic mass is 79.9. The lowest BCUT2D eigenvalue weighted by atomic mass is 10.1. The minimum Gasteiger partial charge on any atom is -0.457 e. The third-order valence-corrected chi connectivity index (χ3v) is 3.27. The van der Waals surface area contributed by atoms with Gasteiger partial charge in [-0.05, 0) is 34.8 Å². The van der Waals surface area contributed by atoms with Gasteiger partial charge in [0.2, 0.25) is 0 Å². The molecule has 0 radical (unpaired) electrons. The Morgan fingerprint density at radius 2 is 2.13 bits per heavy atom. The van der Waals surface area contributed by atoms with Crippen molar-refractivity contribution in [1.29, 1.82) is 0 Å². The van der Waals surface area contributed by atoms with Gasteiger partial charge in [0, 0.05) is 13.1 Å². The van der Waals surface area contributed by atoms with Crippen LogP contribution in [0.25, 0.3) is 0 Å². The fourth-order valence-electron chi connectivity index (χ4n) is 1.64. The molecule has 1 aromatic heterocycles. The van der Waals surface area contributed by atoms with Crippen molar-refractivity contribution < 1.29 is 9.21 Å². The first-order chi connectivity index (χ1) is 7.11. The quantitative estimate of drug-likeness (QED) is 0.844. The third-order valence-electron chi connectivity index (χ3n) is 2.66. The number of hydrogen-bond acceptors (Lipinski definition) is 2. The van der Waals surface area contributed by atoms with Crippen molar-refractivity contribution in [3.05, 3.63) is 22.6 Å². The molecule has 0 aliphatic carbocycles. The zero-order chi connectivity index (χ0) is 11.4. The number of amides is 1. The number of halogens is 1. The second-order valence-electron chi connectivity index (χ2n) is 3.49. The molecule has 0 fully saturated rings. The van der Waals surface area contributed by atoms with E-state index in [0.717, 1.165) is 12.8 Å². The van der Waals surface area contributed by atoms with Crippen LogP contribution >= 0.6 is 15.9 Å². The lowest BCUT2D eigenvalue weighted by Crippen LogP contribution is -2.36. The summed E-state index contributed by atoms with van der Waals surface area (Å²) in [5.74, 6) is 0.00400. The molecule has 15 heavy (non-hydrogen) atoms. The van der Waals surface area contributed by atoms with E-state index in [1.165, 1.54) is 6.26 Å². The molecule has 1 heterocycles. The van der Waals surface area contributed by atoms with Gasteiger partial charge in [0.25, 0.3) is 5.91 Å². The molecule has 0 N–H and O–H groups in total. The summed E-state index contributed by atoms with van der Waals surface area (Å²) in [5.41, 5.74) is 0.587. The Morgan fingerprint density at radius 3 is 2.53 bits per heavy atom. The van der Waals surface area contributed by atoms with Crippen LogP contribution in [-0.2, 0) is 0 Å². The van der Waals surface area contributed by atoms with Gasteiger partial charge in [0.15, 0.2) is 4.67 Å². The topological polar surface area (TPSA) is 33.5 Å². The molecule has 3 nitrogen and oxygen atoms in total. The molecule has 84 valence electrons. The largest absolute Gasteiger partial charge is 0.457 e. The van der Waals surface area contributed by atoms with Crippen LogP contribution in [0.2, 0.25) is 0 Å². The lowest BCUT2D eigenvalue weighted by molar-refractivity contribution is 0.0721. The van der Waals surface area contributed by atoms with Crippen molar-refractivity contribution in [3.8, 4) is 0 Å². The molecular formula is C11H16BrNO2. The Morgan fingerprint density at radius 1 is 1.53 bits per heavy atom. The van der Waals surface area contributed by atoms with Crippen LogP contribution in [0.15, 0.2) is 21.4 Å². The van der Waals surface area contributed by atoms with E-state index in [1.54, 1.807) is 11.0 Å². The maximum atomic E-state index is 12.0. The van der Waals surface area contributed by atoms with E-state index in [2.05, 4.69) is 29.8 Å². The maximum absolute atomic E-state index is 12.0. The summed E-state index contributed by atoms with van der Waals surface area (Å²) in [6.07, 6.45) is 3.44. The second kappa shape index (κ2) is 5.35. The van der Waals surface area contributed by atoms with Gasteiger partial charge in [-0.3, -0.25) is 4.79 Å². The molecule has 0 atom stereocenters. The molecule has 1 rings (SSSR count). The first-order valence-corrected chi connectivity index (χ1v) is 5.91. The van der Waals surface area contributed by atoms with Gasteiger partial charge in [-0.25, -0.2) is 0 Å². The van der Waals surface area contributed by atoms with Crippen molar-refractivity contribution in [1.82, 2.24) is 4.90 Å². The Balaban J connectivity index is 2.81. The second-order valence-corrected chi connectivity index (χ2v) is 4.21. The Hall–Kier alpha value is -0.770. The molecule has 1 aromatic rings. The third kappa shape index (κ3) is 2.62. The van der Waals surface area contributed by atoms with Crippen LogP contribution in [0.1, 0.15) is 37.0 Å². The summed E-state index contributed by atoms with van der Waals surface area (Å²) < 4.78 is 5.56. The smallest absolute Gasteiger partial charge is 0.258 e. The van der Waals surface area contributed by atoms with Gasteiger partial charge in [0.1, 0.15) is 0 Å². The predicted molar refractivity (Wildman–Crippen MR) is 62.9 cm³/mol. The zero-order valence-electron chi connectivity index (χ0n) is 9.29. The van der Waals surface area contributed by atoms with Gasteiger partial charge >= 0.3 is 0 Å². The number of carbonyl (C=O) groups is 1.